The van der Waals surface area contributed by atoms with Crippen LogP contribution in [0.3, 0.4) is 0 Å². The highest BCUT2D eigenvalue weighted by molar-refractivity contribution is 6.13. The number of para-hydroxylation sites is 1. The molecule has 3 aromatic carbocycles. The smallest absolute Gasteiger partial charge is 0.335 e. The number of carboxylic acids is 1. The van der Waals surface area contributed by atoms with Crippen LogP contribution in [0.4, 0.5) is 5.69 Å². The molecule has 0 aliphatic heterocycles. The minimum Gasteiger partial charge on any atom is -0.478 e. The molecule has 5 nitrogen and oxygen atoms in total. The van der Waals surface area contributed by atoms with Crippen LogP contribution in [0.1, 0.15) is 26.3 Å². The van der Waals surface area contributed by atoms with Gasteiger partial charge in [0.25, 0.3) is 5.91 Å². The molecule has 28 heavy (non-hydrogen) atoms. The van der Waals surface area contributed by atoms with Crippen molar-refractivity contribution < 1.29 is 14.7 Å². The average Bonchev–Trinajstić information content (AvgIpc) is 3.08. The summed E-state index contributed by atoms with van der Waals surface area (Å²) in [6, 6.07) is 24.0. The predicted molar refractivity (Wildman–Crippen MR) is 109 cm³/mol. The van der Waals surface area contributed by atoms with Crippen LogP contribution in [0.5, 0.6) is 0 Å². The summed E-state index contributed by atoms with van der Waals surface area (Å²) in [6.45, 7) is 0.669. The third-order valence-electron chi connectivity index (χ3n) is 4.62. The number of carboxylic acid groups (broad SMARTS) is 1. The minimum absolute atomic E-state index is 0.178. The summed E-state index contributed by atoms with van der Waals surface area (Å²) in [5, 5.41) is 12.7. The highest BCUT2D eigenvalue weighted by Crippen LogP contribution is 2.23. The van der Waals surface area contributed by atoms with Crippen molar-refractivity contribution in [2.45, 2.75) is 6.54 Å². The lowest BCUT2D eigenvalue weighted by Crippen LogP contribution is -2.11. The molecule has 0 saturated heterocycles. The number of fused-ring (bicyclic) bond motifs is 1. The van der Waals surface area contributed by atoms with Crippen LogP contribution in [-0.4, -0.2) is 21.6 Å². The molecule has 5 heteroatoms. The largest absolute Gasteiger partial charge is 0.478 e. The molecule has 1 amide bonds. The van der Waals surface area contributed by atoms with Crippen molar-refractivity contribution in [1.82, 2.24) is 4.57 Å². The van der Waals surface area contributed by atoms with Gasteiger partial charge in [0.1, 0.15) is 0 Å². The van der Waals surface area contributed by atoms with Crippen molar-refractivity contribution in [3.63, 3.8) is 0 Å². The van der Waals surface area contributed by atoms with Gasteiger partial charge in [-0.3, -0.25) is 4.79 Å². The fourth-order valence-corrected chi connectivity index (χ4v) is 3.23. The zero-order valence-electron chi connectivity index (χ0n) is 15.0. The van der Waals surface area contributed by atoms with E-state index in [0.29, 0.717) is 17.8 Å². The maximum Gasteiger partial charge on any atom is 0.335 e. The maximum atomic E-state index is 12.9. The highest BCUT2D eigenvalue weighted by Gasteiger charge is 2.15. The first-order valence-electron chi connectivity index (χ1n) is 8.88. The summed E-state index contributed by atoms with van der Waals surface area (Å²) in [4.78, 5) is 23.8. The molecule has 0 aliphatic carbocycles. The normalized spacial score (nSPS) is 10.7. The van der Waals surface area contributed by atoms with E-state index in [2.05, 4.69) is 22.0 Å². The molecular formula is C23H18N2O3. The monoisotopic (exact) mass is 370 g/mol. The highest BCUT2D eigenvalue weighted by atomic mass is 16.4. The molecule has 0 spiro atoms. The average molecular weight is 370 g/mol. The van der Waals surface area contributed by atoms with E-state index in [4.69, 9.17) is 5.11 Å². The Labute approximate surface area is 161 Å². The van der Waals surface area contributed by atoms with Crippen LogP contribution in [0, 0.1) is 0 Å². The minimum atomic E-state index is -0.998. The number of benzene rings is 3. The van der Waals surface area contributed by atoms with E-state index >= 15 is 0 Å². The second-order valence-corrected chi connectivity index (χ2v) is 6.51. The molecule has 0 aliphatic rings. The summed E-state index contributed by atoms with van der Waals surface area (Å²) >= 11 is 0. The number of aromatic nitrogens is 1. The Morgan fingerprint density at radius 2 is 1.54 bits per heavy atom. The number of hydrogen-bond donors (Lipinski definition) is 2. The summed E-state index contributed by atoms with van der Waals surface area (Å²) in [5.41, 5.74) is 3.44. The van der Waals surface area contributed by atoms with Gasteiger partial charge in [0.05, 0.1) is 11.1 Å². The number of aromatic carboxylic acids is 1. The van der Waals surface area contributed by atoms with Crippen LogP contribution >= 0.6 is 0 Å². The first-order chi connectivity index (χ1) is 13.6. The van der Waals surface area contributed by atoms with Gasteiger partial charge >= 0.3 is 5.97 Å². The first kappa shape index (κ1) is 17.5. The number of carbonyl (C=O) groups excluding carboxylic acids is 1. The van der Waals surface area contributed by atoms with Gasteiger partial charge in [0, 0.05) is 29.3 Å². The molecule has 4 aromatic rings. The first-order valence-corrected chi connectivity index (χ1v) is 8.88. The molecule has 0 radical (unpaired) electrons. The fraction of sp³-hybridized carbons (Fsp3) is 0.0435. The van der Waals surface area contributed by atoms with Crippen molar-refractivity contribution in [2.24, 2.45) is 0 Å². The van der Waals surface area contributed by atoms with Crippen LogP contribution in [-0.2, 0) is 6.54 Å². The van der Waals surface area contributed by atoms with E-state index in [1.54, 1.807) is 12.1 Å². The standard InChI is InChI=1S/C23H18N2O3/c26-22(24-18-12-10-17(11-13-18)23(27)28)20-15-25(14-16-6-2-1-3-7-16)21-9-5-4-8-19(20)21/h1-13,15H,14H2,(H,24,26)(H,27,28). The van der Waals surface area contributed by atoms with Gasteiger partial charge in [-0.05, 0) is 35.9 Å². The lowest BCUT2D eigenvalue weighted by molar-refractivity contribution is 0.0696. The quantitative estimate of drug-likeness (QED) is 0.538. The molecule has 0 bridgehead atoms. The zero-order chi connectivity index (χ0) is 19.5. The Morgan fingerprint density at radius 3 is 2.25 bits per heavy atom. The Hall–Kier alpha value is -3.86. The van der Waals surface area contributed by atoms with E-state index in [9.17, 15) is 9.59 Å². The third-order valence-corrected chi connectivity index (χ3v) is 4.62. The second kappa shape index (κ2) is 7.40. The van der Waals surface area contributed by atoms with Crippen molar-refractivity contribution in [3.8, 4) is 0 Å². The molecule has 0 fully saturated rings. The number of carbonyl (C=O) groups is 2. The van der Waals surface area contributed by atoms with Crippen molar-refractivity contribution >= 4 is 28.5 Å². The molecule has 138 valence electrons. The van der Waals surface area contributed by atoms with Crippen molar-refractivity contribution in [1.29, 1.82) is 0 Å². The summed E-state index contributed by atoms with van der Waals surface area (Å²) < 4.78 is 2.06. The topological polar surface area (TPSA) is 71.3 Å². The van der Waals surface area contributed by atoms with Gasteiger partial charge in [-0.2, -0.15) is 0 Å². The van der Waals surface area contributed by atoms with Gasteiger partial charge in [-0.25, -0.2) is 4.79 Å². The number of anilines is 1. The number of nitrogens with one attached hydrogen (secondary N) is 1. The lowest BCUT2D eigenvalue weighted by atomic mass is 10.1. The Kier molecular flexibility index (Phi) is 4.64. The van der Waals surface area contributed by atoms with E-state index in [1.807, 2.05) is 48.7 Å². The van der Waals surface area contributed by atoms with E-state index < -0.39 is 5.97 Å². The molecule has 0 atom stereocenters. The summed E-state index contributed by atoms with van der Waals surface area (Å²) in [7, 11) is 0. The molecule has 4 rings (SSSR count). The second-order valence-electron chi connectivity index (χ2n) is 6.51. The van der Waals surface area contributed by atoms with Crippen LogP contribution < -0.4 is 5.32 Å². The molecule has 0 unspecified atom stereocenters. The fourth-order valence-electron chi connectivity index (χ4n) is 3.23. The number of amides is 1. The molecular weight excluding hydrogens is 352 g/mol. The summed E-state index contributed by atoms with van der Waals surface area (Å²) in [6.07, 6.45) is 1.86. The molecule has 2 N–H and O–H groups in total. The third kappa shape index (κ3) is 3.50. The SMILES string of the molecule is O=C(O)c1ccc(NC(=O)c2cn(Cc3ccccc3)c3ccccc23)cc1. The Balaban J connectivity index is 1.64. The van der Waals surface area contributed by atoms with Gasteiger partial charge in [-0.15, -0.1) is 0 Å². The molecule has 0 saturated carbocycles. The zero-order valence-corrected chi connectivity index (χ0v) is 15.0. The molecule has 1 heterocycles. The summed E-state index contributed by atoms with van der Waals surface area (Å²) in [5.74, 6) is -1.23. The van der Waals surface area contributed by atoms with Gasteiger partial charge in [0.2, 0.25) is 0 Å². The Morgan fingerprint density at radius 1 is 0.857 bits per heavy atom. The number of rotatable bonds is 5. The van der Waals surface area contributed by atoms with Gasteiger partial charge in [0.15, 0.2) is 0 Å². The van der Waals surface area contributed by atoms with E-state index in [1.165, 1.54) is 12.1 Å². The van der Waals surface area contributed by atoms with Gasteiger partial charge < -0.3 is 15.0 Å². The lowest BCUT2D eigenvalue weighted by Gasteiger charge is -2.05. The Bertz CT molecular complexity index is 1150. The van der Waals surface area contributed by atoms with Crippen LogP contribution in [0.2, 0.25) is 0 Å². The predicted octanol–water partition coefficient (Wildman–Crippen LogP) is 4.64. The van der Waals surface area contributed by atoms with E-state index in [0.717, 1.165) is 16.5 Å². The molecule has 1 aromatic heterocycles. The maximum absolute atomic E-state index is 12.9. The number of hydrogen-bond acceptors (Lipinski definition) is 2. The van der Waals surface area contributed by atoms with Crippen LogP contribution in [0.25, 0.3) is 10.9 Å². The van der Waals surface area contributed by atoms with Gasteiger partial charge in [-0.1, -0.05) is 48.5 Å². The van der Waals surface area contributed by atoms with E-state index in [-0.39, 0.29) is 11.5 Å². The van der Waals surface area contributed by atoms with Crippen molar-refractivity contribution in [3.05, 3.63) is 102 Å². The number of nitrogens with zero attached hydrogens (tertiary/aromatic N) is 1. The van der Waals surface area contributed by atoms with Crippen LogP contribution in [0.15, 0.2) is 85.1 Å². The van der Waals surface area contributed by atoms with Crippen molar-refractivity contribution in [2.75, 3.05) is 5.32 Å².